The number of nitrogens with zero attached hydrogens (tertiary/aromatic N) is 1. The second-order valence-electron chi connectivity index (χ2n) is 12.1. The lowest BCUT2D eigenvalue weighted by Crippen LogP contribution is -2.56. The monoisotopic (exact) mass is 698 g/mol. The highest BCUT2D eigenvalue weighted by Gasteiger charge is 2.45. The molecule has 232 valence electrons. The van der Waals surface area contributed by atoms with Crippen molar-refractivity contribution < 1.29 is 39.1 Å². The zero-order valence-corrected chi connectivity index (χ0v) is 26.3. The number of amides is 2. The predicted molar refractivity (Wildman–Crippen MR) is 163 cm³/mol. The van der Waals surface area contributed by atoms with Gasteiger partial charge in [0.05, 0.1) is 36.0 Å². The molecule has 2 bridgehead atoms. The number of hydrogen-bond donors (Lipinski definition) is 4. The van der Waals surface area contributed by atoms with Crippen molar-refractivity contribution in [3.8, 4) is 11.5 Å². The second kappa shape index (κ2) is 14.2. The van der Waals surface area contributed by atoms with Gasteiger partial charge in [-0.25, -0.2) is 0 Å². The lowest BCUT2D eigenvalue weighted by molar-refractivity contribution is -0.142. The van der Waals surface area contributed by atoms with Crippen LogP contribution >= 0.6 is 22.6 Å². The van der Waals surface area contributed by atoms with E-state index in [-0.39, 0.29) is 44.1 Å². The van der Waals surface area contributed by atoms with Crippen LogP contribution in [0.5, 0.6) is 11.5 Å². The number of aliphatic hydroxyl groups is 3. The zero-order valence-electron chi connectivity index (χ0n) is 24.2. The molecule has 1 aromatic carbocycles. The maximum Gasteiger partial charge on any atom is 0.247 e. The summed E-state index contributed by atoms with van der Waals surface area (Å²) in [5, 5.41) is 33.5. The first-order valence-corrected chi connectivity index (χ1v) is 16.2. The molecule has 10 nitrogen and oxygen atoms in total. The van der Waals surface area contributed by atoms with E-state index < -0.39 is 18.2 Å². The van der Waals surface area contributed by atoms with Crippen LogP contribution in [0.15, 0.2) is 23.8 Å². The van der Waals surface area contributed by atoms with E-state index in [9.17, 15) is 24.9 Å². The lowest BCUT2D eigenvalue weighted by Gasteiger charge is -2.42. The van der Waals surface area contributed by atoms with Gasteiger partial charge in [0.1, 0.15) is 12.2 Å². The van der Waals surface area contributed by atoms with Crippen molar-refractivity contribution in [1.29, 1.82) is 0 Å². The smallest absolute Gasteiger partial charge is 0.247 e. The van der Waals surface area contributed by atoms with Gasteiger partial charge in [0.2, 0.25) is 11.8 Å². The van der Waals surface area contributed by atoms with E-state index in [1.165, 1.54) is 26.4 Å². The molecule has 1 heterocycles. The van der Waals surface area contributed by atoms with Gasteiger partial charge in [-0.2, -0.15) is 0 Å². The number of rotatable bonds is 12. The van der Waals surface area contributed by atoms with Crippen LogP contribution in [0, 0.1) is 21.3 Å². The van der Waals surface area contributed by atoms with Crippen molar-refractivity contribution in [2.24, 2.45) is 17.8 Å². The van der Waals surface area contributed by atoms with Crippen LogP contribution in [-0.4, -0.2) is 89.8 Å². The van der Waals surface area contributed by atoms with E-state index in [4.69, 9.17) is 14.2 Å². The Kier molecular flexibility index (Phi) is 10.7. The van der Waals surface area contributed by atoms with Crippen molar-refractivity contribution >= 4 is 34.4 Å². The number of aliphatic hydroxyl groups excluding tert-OH is 3. The number of nitrogens with one attached hydrogen (secondary N) is 1. The normalized spacial score (nSPS) is 30.2. The third kappa shape index (κ3) is 7.06. The highest BCUT2D eigenvalue weighted by Crippen LogP contribution is 2.50. The van der Waals surface area contributed by atoms with Crippen LogP contribution in [0.3, 0.4) is 0 Å². The molecule has 0 aromatic heterocycles. The molecule has 7 unspecified atom stereocenters. The summed E-state index contributed by atoms with van der Waals surface area (Å²) in [6, 6.07) is 2.74. The third-order valence-corrected chi connectivity index (χ3v) is 10.2. The van der Waals surface area contributed by atoms with E-state index in [0.29, 0.717) is 57.6 Å². The first-order chi connectivity index (χ1) is 20.3. The number of hydrogen-bond acceptors (Lipinski definition) is 8. The molecule has 0 spiro atoms. The molecule has 3 fully saturated rings. The van der Waals surface area contributed by atoms with Crippen LogP contribution in [-0.2, 0) is 20.9 Å². The minimum absolute atomic E-state index is 0.0117. The number of carbonyl (C=O) groups is 2. The van der Waals surface area contributed by atoms with Crippen LogP contribution in [0.4, 0.5) is 0 Å². The van der Waals surface area contributed by atoms with Gasteiger partial charge in [-0.15, -0.1) is 0 Å². The summed E-state index contributed by atoms with van der Waals surface area (Å²) in [4.78, 5) is 29.0. The Morgan fingerprint density at radius 2 is 2.02 bits per heavy atom. The van der Waals surface area contributed by atoms with E-state index in [0.717, 1.165) is 25.2 Å². The third-order valence-electron chi connectivity index (χ3n) is 9.41. The summed E-state index contributed by atoms with van der Waals surface area (Å²) >= 11 is 2.09. The van der Waals surface area contributed by atoms with Gasteiger partial charge in [0.25, 0.3) is 0 Å². The number of halogens is 1. The number of carbonyl (C=O) groups excluding carboxylic acids is 2. The van der Waals surface area contributed by atoms with Crippen molar-refractivity contribution in [1.82, 2.24) is 10.2 Å². The molecule has 1 saturated heterocycles. The molecule has 2 amide bonds. The molecule has 4 aliphatic rings. The maximum atomic E-state index is 14.1. The van der Waals surface area contributed by atoms with Gasteiger partial charge in [-0.3, -0.25) is 9.59 Å². The molecular weight excluding hydrogens is 655 g/mol. The van der Waals surface area contributed by atoms with Crippen LogP contribution in [0.25, 0.3) is 0 Å². The molecule has 42 heavy (non-hydrogen) atoms. The second-order valence-corrected chi connectivity index (χ2v) is 13.3. The van der Waals surface area contributed by atoms with Gasteiger partial charge in [-0.1, -0.05) is 6.42 Å². The Bertz CT molecular complexity index is 1160. The maximum absolute atomic E-state index is 14.1. The molecule has 1 aliphatic heterocycles. The fourth-order valence-corrected chi connectivity index (χ4v) is 8.09. The Balaban J connectivity index is 1.44. The van der Waals surface area contributed by atoms with Crippen molar-refractivity contribution in [2.75, 3.05) is 33.4 Å². The summed E-state index contributed by atoms with van der Waals surface area (Å²) in [5.41, 5.74) is 1.04. The fraction of sp³-hybridized carbons (Fsp3) is 0.677. The predicted octanol–water partition coefficient (Wildman–Crippen LogP) is 2.54. The molecule has 11 heteroatoms. The van der Waals surface area contributed by atoms with Crippen molar-refractivity contribution in [3.05, 3.63) is 32.9 Å². The van der Waals surface area contributed by atoms with Crippen LogP contribution < -0.4 is 14.8 Å². The van der Waals surface area contributed by atoms with Crippen molar-refractivity contribution in [2.45, 2.75) is 82.3 Å². The number of fused-ring (bicyclic) bond motifs is 2. The summed E-state index contributed by atoms with van der Waals surface area (Å²) in [6.45, 7) is 0.718. The minimum Gasteiger partial charge on any atom is -0.493 e. The van der Waals surface area contributed by atoms with Gasteiger partial charge in [-0.05, 0) is 96.2 Å². The Morgan fingerprint density at radius 3 is 2.67 bits per heavy atom. The topological polar surface area (TPSA) is 138 Å². The van der Waals surface area contributed by atoms with Gasteiger partial charge in [0, 0.05) is 38.1 Å². The molecule has 4 N–H and O–H groups in total. The van der Waals surface area contributed by atoms with E-state index >= 15 is 0 Å². The van der Waals surface area contributed by atoms with Crippen LogP contribution in [0.1, 0.15) is 56.9 Å². The average molecular weight is 699 g/mol. The number of ether oxygens (including phenoxy) is 3. The summed E-state index contributed by atoms with van der Waals surface area (Å²) in [5.74, 6) is 2.05. The summed E-state index contributed by atoms with van der Waals surface area (Å²) < 4.78 is 18.5. The quantitative estimate of drug-likeness (QED) is 0.245. The summed E-state index contributed by atoms with van der Waals surface area (Å²) in [7, 11) is 1.50. The Hall–Kier alpha value is -1.93. The highest BCUT2D eigenvalue weighted by molar-refractivity contribution is 14.1. The first kappa shape index (κ1) is 31.5. The molecule has 2 saturated carbocycles. The molecule has 3 aliphatic carbocycles. The molecule has 5 rings (SSSR count). The van der Waals surface area contributed by atoms with Gasteiger partial charge in [0.15, 0.2) is 11.5 Å². The summed E-state index contributed by atoms with van der Waals surface area (Å²) in [6.07, 6.45) is 6.50. The molecule has 7 atom stereocenters. The first-order valence-electron chi connectivity index (χ1n) is 15.1. The highest BCUT2D eigenvalue weighted by atomic mass is 127. The van der Waals surface area contributed by atoms with Crippen LogP contribution in [0.2, 0.25) is 0 Å². The SMILES string of the molecule is COc1cc(CO)cc(I)c1OC1C=C(C(=O)NCCO)CC(N(CC2CCCO2)C(=O)CC2CC3CCC2C3)C1O. The van der Waals surface area contributed by atoms with Crippen molar-refractivity contribution in [3.63, 3.8) is 0 Å². The minimum atomic E-state index is -1.12. The molecule has 0 radical (unpaired) electrons. The Labute approximate surface area is 260 Å². The standard InChI is InChI=1S/C31H43IN2O8/c1-40-27-12-19(17-36)11-24(32)30(27)42-26-14-22(31(39)33-6-7-35)13-25(29(26)38)34(16-23-3-2-8-41-23)28(37)15-21-10-18-4-5-20(21)9-18/h11-12,14,18,20-21,23,25-26,29,35-36,38H,2-10,13,15-17H2,1H3,(H,33,39). The van der Waals surface area contributed by atoms with Gasteiger partial charge >= 0.3 is 0 Å². The van der Waals surface area contributed by atoms with Gasteiger partial charge < -0.3 is 39.7 Å². The largest absolute Gasteiger partial charge is 0.493 e. The van der Waals surface area contributed by atoms with E-state index in [1.54, 1.807) is 23.1 Å². The van der Waals surface area contributed by atoms with E-state index in [2.05, 4.69) is 27.9 Å². The molecular formula is C31H43IN2O8. The number of benzene rings is 1. The lowest BCUT2D eigenvalue weighted by atomic mass is 9.84. The Morgan fingerprint density at radius 1 is 1.19 bits per heavy atom. The fourth-order valence-electron chi connectivity index (χ4n) is 7.29. The average Bonchev–Trinajstić information content (AvgIpc) is 3.76. The van der Waals surface area contributed by atoms with E-state index in [1.807, 2.05) is 0 Å². The molecule has 1 aromatic rings. The zero-order chi connectivity index (χ0) is 29.8. The number of methoxy groups -OCH3 is 1.